The van der Waals surface area contributed by atoms with E-state index in [0.29, 0.717) is 5.92 Å². The van der Waals surface area contributed by atoms with Crippen LogP contribution < -0.4 is 10.5 Å². The monoisotopic (exact) mass is 378 g/mol. The van der Waals surface area contributed by atoms with Crippen LogP contribution in [0.15, 0.2) is 49.5 Å². The van der Waals surface area contributed by atoms with Crippen molar-refractivity contribution in [2.45, 2.75) is 39.0 Å². The van der Waals surface area contributed by atoms with Crippen molar-refractivity contribution in [2.75, 3.05) is 0 Å². The number of aromatic hydroxyl groups is 1. The molecule has 0 radical (unpaired) electrons. The molecule has 0 fully saturated rings. The van der Waals surface area contributed by atoms with E-state index in [0.717, 1.165) is 12.0 Å². The molecule has 7 nitrogen and oxygen atoms in total. The standard InChI is InChI=1S/C18H22N2O5S/c1-11(2)9-14-5-7-15(8-6-14)26(23,24)20-19-13(4)17-16(21)10-12(3)25-18(17)22/h5-8,10-11,20-21H,9H2,1-4H3/b19-13-. The molecule has 1 heterocycles. The fourth-order valence-electron chi connectivity index (χ4n) is 2.44. The van der Waals surface area contributed by atoms with E-state index in [1.54, 1.807) is 12.1 Å². The number of hydrogen-bond acceptors (Lipinski definition) is 6. The Morgan fingerprint density at radius 2 is 1.88 bits per heavy atom. The van der Waals surface area contributed by atoms with Crippen molar-refractivity contribution in [3.8, 4) is 5.75 Å². The largest absolute Gasteiger partial charge is 0.507 e. The first-order chi connectivity index (χ1) is 12.1. The molecule has 0 spiro atoms. The Morgan fingerprint density at radius 1 is 1.27 bits per heavy atom. The molecular formula is C18H22N2O5S. The van der Waals surface area contributed by atoms with Crippen molar-refractivity contribution in [3.63, 3.8) is 0 Å². The maximum absolute atomic E-state index is 12.3. The van der Waals surface area contributed by atoms with Gasteiger partial charge in [0.1, 0.15) is 17.1 Å². The van der Waals surface area contributed by atoms with Crippen LogP contribution in [0.4, 0.5) is 0 Å². The number of rotatable bonds is 6. The molecule has 0 saturated heterocycles. The fraction of sp³-hybridized carbons (Fsp3) is 0.333. The second-order valence-electron chi connectivity index (χ2n) is 6.44. The van der Waals surface area contributed by atoms with Gasteiger partial charge >= 0.3 is 5.63 Å². The van der Waals surface area contributed by atoms with Crippen LogP contribution in [0.5, 0.6) is 5.75 Å². The first kappa shape index (κ1) is 19.7. The third kappa shape index (κ3) is 4.72. The molecule has 1 aromatic heterocycles. The Kier molecular flexibility index (Phi) is 5.86. The number of nitrogens with one attached hydrogen (secondary N) is 1. The van der Waals surface area contributed by atoms with Crippen molar-refractivity contribution < 1.29 is 17.9 Å². The summed E-state index contributed by atoms with van der Waals surface area (Å²) < 4.78 is 29.6. The third-order valence-electron chi connectivity index (χ3n) is 3.63. The van der Waals surface area contributed by atoms with Crippen LogP contribution in [0.1, 0.15) is 37.7 Å². The summed E-state index contributed by atoms with van der Waals surface area (Å²) in [6, 6.07) is 7.78. The van der Waals surface area contributed by atoms with Crippen LogP contribution in [0.2, 0.25) is 0 Å². The van der Waals surface area contributed by atoms with Crippen LogP contribution in [0, 0.1) is 12.8 Å². The highest BCUT2D eigenvalue weighted by atomic mass is 32.2. The van der Waals surface area contributed by atoms with Gasteiger partial charge in [0.15, 0.2) is 0 Å². The molecule has 0 aliphatic carbocycles. The average Bonchev–Trinajstić information content (AvgIpc) is 2.52. The fourth-order valence-corrected chi connectivity index (χ4v) is 3.30. The van der Waals surface area contributed by atoms with Gasteiger partial charge in [0.25, 0.3) is 10.0 Å². The number of hydrogen-bond donors (Lipinski definition) is 2. The normalized spacial score (nSPS) is 12.4. The van der Waals surface area contributed by atoms with Crippen molar-refractivity contribution in [2.24, 2.45) is 11.0 Å². The summed E-state index contributed by atoms with van der Waals surface area (Å²) in [6.07, 6.45) is 0.855. The second kappa shape index (κ2) is 7.74. The van der Waals surface area contributed by atoms with Gasteiger partial charge in [-0.1, -0.05) is 26.0 Å². The van der Waals surface area contributed by atoms with Crippen molar-refractivity contribution in [1.82, 2.24) is 4.83 Å². The minimum Gasteiger partial charge on any atom is -0.507 e. The van der Waals surface area contributed by atoms with Crippen LogP contribution in [0.25, 0.3) is 0 Å². The van der Waals surface area contributed by atoms with Gasteiger partial charge in [0.05, 0.1) is 10.6 Å². The van der Waals surface area contributed by atoms with E-state index in [4.69, 9.17) is 4.42 Å². The summed E-state index contributed by atoms with van der Waals surface area (Å²) in [7, 11) is -3.89. The zero-order valence-electron chi connectivity index (χ0n) is 15.1. The Morgan fingerprint density at radius 3 is 2.42 bits per heavy atom. The Labute approximate surface area is 152 Å². The van der Waals surface area contributed by atoms with Crippen LogP contribution in [0.3, 0.4) is 0 Å². The van der Waals surface area contributed by atoms with Crippen molar-refractivity contribution in [1.29, 1.82) is 0 Å². The lowest BCUT2D eigenvalue weighted by Crippen LogP contribution is -2.22. The molecule has 0 atom stereocenters. The molecule has 1 aromatic carbocycles. The van der Waals surface area contributed by atoms with Crippen molar-refractivity contribution >= 4 is 15.7 Å². The summed E-state index contributed by atoms with van der Waals surface area (Å²) in [4.78, 5) is 14.0. The van der Waals surface area contributed by atoms with Gasteiger partial charge in [-0.25, -0.2) is 4.79 Å². The zero-order valence-corrected chi connectivity index (χ0v) is 15.9. The quantitative estimate of drug-likeness (QED) is 0.593. The molecule has 8 heteroatoms. The molecule has 0 saturated carbocycles. The summed E-state index contributed by atoms with van der Waals surface area (Å²) in [5.41, 5.74) is 0.0589. The third-order valence-corrected chi connectivity index (χ3v) is 4.85. The molecule has 0 bridgehead atoms. The van der Waals surface area contributed by atoms with Gasteiger partial charge in [-0.3, -0.25) is 0 Å². The molecule has 0 aliphatic rings. The Hall–Kier alpha value is -2.61. The molecule has 2 N–H and O–H groups in total. The van der Waals surface area contributed by atoms with E-state index in [1.807, 2.05) is 0 Å². The zero-order chi connectivity index (χ0) is 19.5. The molecule has 26 heavy (non-hydrogen) atoms. The smallest absolute Gasteiger partial charge is 0.348 e. The maximum Gasteiger partial charge on any atom is 0.348 e. The van der Waals surface area contributed by atoms with E-state index >= 15 is 0 Å². The van der Waals surface area contributed by atoms with Crippen LogP contribution in [-0.2, 0) is 16.4 Å². The van der Waals surface area contributed by atoms with Gasteiger partial charge in [0, 0.05) is 6.07 Å². The first-order valence-corrected chi connectivity index (χ1v) is 9.57. The van der Waals surface area contributed by atoms with Gasteiger partial charge in [-0.15, -0.1) is 0 Å². The summed E-state index contributed by atoms with van der Waals surface area (Å²) >= 11 is 0. The number of aryl methyl sites for hydroxylation is 1. The van der Waals surface area contributed by atoms with Gasteiger partial charge in [-0.2, -0.15) is 18.4 Å². The summed E-state index contributed by atoms with van der Waals surface area (Å²) in [6.45, 7) is 7.08. The lowest BCUT2D eigenvalue weighted by molar-refractivity contribution is 0.432. The molecular weight excluding hydrogens is 356 g/mol. The molecule has 2 aromatic rings. The highest BCUT2D eigenvalue weighted by Crippen LogP contribution is 2.16. The van der Waals surface area contributed by atoms with E-state index in [1.165, 1.54) is 32.0 Å². The molecule has 0 aliphatic heterocycles. The minimum absolute atomic E-state index is 0.00347. The van der Waals surface area contributed by atoms with Crippen LogP contribution in [-0.4, -0.2) is 19.2 Å². The number of sulfonamides is 1. The highest BCUT2D eigenvalue weighted by Gasteiger charge is 2.16. The lowest BCUT2D eigenvalue weighted by Gasteiger charge is -2.08. The van der Waals surface area contributed by atoms with E-state index in [-0.39, 0.29) is 27.7 Å². The molecule has 0 amide bonds. The average molecular weight is 378 g/mol. The number of hydrazone groups is 1. The predicted octanol–water partition coefficient (Wildman–Crippen LogP) is 2.55. The topological polar surface area (TPSA) is 109 Å². The van der Waals surface area contributed by atoms with Gasteiger partial charge in [-0.05, 0) is 43.9 Å². The molecule has 0 unspecified atom stereocenters. The van der Waals surface area contributed by atoms with E-state index in [9.17, 15) is 18.3 Å². The summed E-state index contributed by atoms with van der Waals surface area (Å²) in [5.74, 6) is 0.389. The predicted molar refractivity (Wildman–Crippen MR) is 98.9 cm³/mol. The number of nitrogens with zero attached hydrogens (tertiary/aromatic N) is 1. The van der Waals surface area contributed by atoms with Crippen molar-refractivity contribution in [3.05, 3.63) is 57.6 Å². The molecule has 140 valence electrons. The lowest BCUT2D eigenvalue weighted by atomic mass is 10.0. The van der Waals surface area contributed by atoms with Gasteiger partial charge in [0.2, 0.25) is 0 Å². The first-order valence-electron chi connectivity index (χ1n) is 8.09. The summed E-state index contributed by atoms with van der Waals surface area (Å²) in [5, 5.41) is 13.6. The Balaban J connectivity index is 2.24. The van der Waals surface area contributed by atoms with E-state index in [2.05, 4.69) is 23.8 Å². The van der Waals surface area contributed by atoms with Crippen LogP contribution >= 0.6 is 0 Å². The number of benzene rings is 1. The second-order valence-corrected chi connectivity index (χ2v) is 8.10. The SMILES string of the molecule is C/C(=N/NS(=O)(=O)c1ccc(CC(C)C)cc1)c1c(O)cc(C)oc1=O. The minimum atomic E-state index is -3.89. The van der Waals surface area contributed by atoms with E-state index < -0.39 is 15.6 Å². The Bertz CT molecular complexity index is 974. The highest BCUT2D eigenvalue weighted by molar-refractivity contribution is 7.89. The van der Waals surface area contributed by atoms with Gasteiger partial charge < -0.3 is 9.52 Å². The molecule has 2 rings (SSSR count). The maximum atomic E-state index is 12.3.